The highest BCUT2D eigenvalue weighted by Gasteiger charge is 2.48. The van der Waals surface area contributed by atoms with Crippen LogP contribution in [0.2, 0.25) is 0 Å². The van der Waals surface area contributed by atoms with E-state index in [1.165, 1.54) is 40.6 Å². The van der Waals surface area contributed by atoms with Crippen molar-refractivity contribution < 1.29 is 36.3 Å². The van der Waals surface area contributed by atoms with Gasteiger partial charge in [-0.25, -0.2) is 18.6 Å². The number of nitrogens with one attached hydrogen (secondary N) is 2. The standard InChI is InChI=1S/C45H49F2N11O7S/c1-53-38-21-39(35(47)20-32(38)42(51-53)57-16-10-40(59)50-44(57)61)55-13-7-27(8-14-55)54-17-11-45(12-18-54)22-28(23-45)58-26-49-36-5-3-29(19-31(36)43(58)60)65-41-33(24-48)37(6-4-34(41)46)52-66(62,63)56-15-9-30(25-56)64-2/h3-6,19-21,26-28,30,52H,7-18,22-23,25H2,1-2H3,(H,50,59,61). The first kappa shape index (κ1) is 43.7. The number of fused-ring (bicyclic) bond motifs is 2. The SMILES string of the molecule is COC1CCN(S(=O)(=O)Nc2ccc(F)c(Oc3ccc4ncn(C5CC6(CCN(C7CCN(c8cc9c(cc8F)c(N8CCC(=O)NC8=O)nn9C)CC7)CC6)C5)c(=O)c4c3)c2C#N)C1. The highest BCUT2D eigenvalue weighted by atomic mass is 32.2. The third-order valence-corrected chi connectivity index (χ3v) is 15.8. The van der Waals surface area contributed by atoms with Crippen LogP contribution < -0.4 is 30.1 Å². The molecule has 2 N–H and O–H groups in total. The second-order valence-electron chi connectivity index (χ2n) is 18.1. The Morgan fingerprint density at radius 1 is 0.924 bits per heavy atom. The van der Waals surface area contributed by atoms with E-state index in [9.17, 15) is 28.1 Å². The highest BCUT2D eigenvalue weighted by molar-refractivity contribution is 7.90. The number of piperidine rings is 2. The van der Waals surface area contributed by atoms with Crippen molar-refractivity contribution in [2.75, 3.05) is 67.4 Å². The summed E-state index contributed by atoms with van der Waals surface area (Å²) in [7, 11) is -0.818. The number of hydrogen-bond donors (Lipinski definition) is 2. The Hall–Kier alpha value is -6.21. The van der Waals surface area contributed by atoms with Crippen molar-refractivity contribution >= 4 is 61.1 Å². The molecule has 4 saturated heterocycles. The molecule has 1 aliphatic carbocycles. The first-order valence-corrected chi connectivity index (χ1v) is 23.7. The molecule has 0 bridgehead atoms. The minimum Gasteiger partial charge on any atom is -0.453 e. The van der Waals surface area contributed by atoms with Gasteiger partial charge in [-0.15, -0.1) is 0 Å². The number of hydrogen-bond acceptors (Lipinski definition) is 12. The Kier molecular flexibility index (Phi) is 11.2. The second kappa shape index (κ2) is 16.9. The first-order valence-electron chi connectivity index (χ1n) is 22.2. The van der Waals surface area contributed by atoms with E-state index in [2.05, 4.69) is 29.9 Å². The number of aromatic nitrogens is 4. The van der Waals surface area contributed by atoms with Crippen LogP contribution in [0, 0.1) is 28.4 Å². The van der Waals surface area contributed by atoms with Gasteiger partial charge >= 0.3 is 16.2 Å². The zero-order valence-corrected chi connectivity index (χ0v) is 37.3. The Morgan fingerprint density at radius 2 is 1.70 bits per heavy atom. The van der Waals surface area contributed by atoms with Crippen LogP contribution in [-0.2, 0) is 26.8 Å². The number of urea groups is 1. The third kappa shape index (κ3) is 7.88. The Bertz CT molecular complexity index is 2990. The number of nitrogens with zero attached hydrogens (tertiary/aromatic N) is 9. The number of halogens is 2. The van der Waals surface area contributed by atoms with E-state index < -0.39 is 27.8 Å². The molecule has 346 valence electrons. The maximum atomic E-state index is 15.8. The average molecular weight is 926 g/mol. The Balaban J connectivity index is 0.760. The lowest BCUT2D eigenvalue weighted by molar-refractivity contribution is -0.120. The number of carbonyl (C=O) groups is 2. The summed E-state index contributed by atoms with van der Waals surface area (Å²) in [5.74, 6) is -1.68. The third-order valence-electron chi connectivity index (χ3n) is 14.3. The van der Waals surface area contributed by atoms with E-state index >= 15 is 8.78 Å². The molecule has 10 rings (SSSR count). The average Bonchev–Trinajstić information content (AvgIpc) is 3.92. The summed E-state index contributed by atoms with van der Waals surface area (Å²) in [4.78, 5) is 48.8. The maximum Gasteiger partial charge on any atom is 0.329 e. The van der Waals surface area contributed by atoms with Gasteiger partial charge in [0.25, 0.3) is 5.56 Å². The molecule has 1 unspecified atom stereocenters. The van der Waals surface area contributed by atoms with Gasteiger partial charge in [0.2, 0.25) is 5.91 Å². The lowest BCUT2D eigenvalue weighted by Crippen LogP contribution is -2.53. The molecule has 5 aromatic rings. The molecule has 3 amide bonds. The van der Waals surface area contributed by atoms with Gasteiger partial charge in [0.05, 0.1) is 40.2 Å². The van der Waals surface area contributed by atoms with Crippen molar-refractivity contribution in [1.29, 1.82) is 5.26 Å². The molecule has 5 fully saturated rings. The summed E-state index contributed by atoms with van der Waals surface area (Å²) in [6, 6.07) is 11.6. The van der Waals surface area contributed by atoms with Gasteiger partial charge in [0, 0.05) is 70.8 Å². The lowest BCUT2D eigenvalue weighted by atomic mass is 9.60. The lowest BCUT2D eigenvalue weighted by Gasteiger charge is -2.54. The topological polar surface area (TPSA) is 200 Å². The molecule has 6 heterocycles. The van der Waals surface area contributed by atoms with Gasteiger partial charge in [0.1, 0.15) is 23.2 Å². The van der Waals surface area contributed by atoms with E-state index in [1.807, 2.05) is 6.07 Å². The molecule has 66 heavy (non-hydrogen) atoms. The van der Waals surface area contributed by atoms with Crippen LogP contribution in [0.25, 0.3) is 21.8 Å². The number of rotatable bonds is 10. The minimum atomic E-state index is -4.09. The molecule has 3 aromatic carbocycles. The van der Waals surface area contributed by atoms with E-state index in [4.69, 9.17) is 9.47 Å². The maximum absolute atomic E-state index is 15.8. The highest BCUT2D eigenvalue weighted by Crippen LogP contribution is 2.55. The van der Waals surface area contributed by atoms with Gasteiger partial charge in [-0.05, 0) is 106 Å². The molecule has 18 nitrogen and oxygen atoms in total. The predicted octanol–water partition coefficient (Wildman–Crippen LogP) is 5.14. The molecule has 21 heteroatoms. The number of likely N-dealkylation sites (tertiary alicyclic amines) is 1. The smallest absolute Gasteiger partial charge is 0.329 e. The number of benzene rings is 3. The minimum absolute atomic E-state index is 0.0418. The molecule has 2 aromatic heterocycles. The molecule has 0 radical (unpaired) electrons. The van der Waals surface area contributed by atoms with Crippen molar-refractivity contribution in [2.45, 2.75) is 69.6 Å². The Labute approximate surface area is 378 Å². The molecule has 5 aliphatic rings. The second-order valence-corrected chi connectivity index (χ2v) is 19.8. The van der Waals surface area contributed by atoms with E-state index in [1.54, 1.807) is 34.8 Å². The van der Waals surface area contributed by atoms with Gasteiger partial charge in [-0.3, -0.25) is 33.8 Å². The number of methoxy groups -OCH3 is 1. The number of imide groups is 1. The zero-order chi connectivity index (χ0) is 46.1. The monoisotopic (exact) mass is 925 g/mol. The number of anilines is 3. The van der Waals surface area contributed by atoms with Crippen molar-refractivity contribution in [2.24, 2.45) is 12.5 Å². The molecular weight excluding hydrogens is 877 g/mol. The van der Waals surface area contributed by atoms with Crippen LogP contribution in [-0.4, -0.2) is 114 Å². The fourth-order valence-electron chi connectivity index (χ4n) is 10.6. The molecule has 4 aliphatic heterocycles. The van der Waals surface area contributed by atoms with Crippen LogP contribution in [0.3, 0.4) is 0 Å². The number of nitriles is 1. The number of aryl methyl sites for hydroxylation is 1. The van der Waals surface area contributed by atoms with Crippen LogP contribution in [0.5, 0.6) is 11.5 Å². The van der Waals surface area contributed by atoms with Gasteiger partial charge in [-0.1, -0.05) is 0 Å². The molecule has 1 saturated carbocycles. The first-order chi connectivity index (χ1) is 31.7. The zero-order valence-electron chi connectivity index (χ0n) is 36.5. The number of ether oxygens (including phenoxy) is 2. The van der Waals surface area contributed by atoms with Crippen molar-refractivity contribution in [1.82, 2.24) is 33.9 Å². The fraction of sp³-hybridized carbons (Fsp3) is 0.467. The normalized spacial score (nSPS) is 21.1. The van der Waals surface area contributed by atoms with Crippen LogP contribution >= 0.6 is 0 Å². The summed E-state index contributed by atoms with van der Waals surface area (Å²) in [6.45, 7) is 3.80. The summed E-state index contributed by atoms with van der Waals surface area (Å²) < 4.78 is 75.4. The quantitative estimate of drug-likeness (QED) is 0.187. The van der Waals surface area contributed by atoms with Crippen molar-refractivity contribution in [3.05, 3.63) is 76.3 Å². The van der Waals surface area contributed by atoms with Gasteiger partial charge < -0.3 is 19.3 Å². The van der Waals surface area contributed by atoms with Crippen LogP contribution in [0.4, 0.5) is 30.8 Å². The van der Waals surface area contributed by atoms with E-state index in [0.29, 0.717) is 53.5 Å². The molecule has 1 spiro atoms. The molecule has 1 atom stereocenters. The van der Waals surface area contributed by atoms with E-state index in [0.717, 1.165) is 57.7 Å². The van der Waals surface area contributed by atoms with Crippen molar-refractivity contribution in [3.63, 3.8) is 0 Å². The van der Waals surface area contributed by atoms with Crippen LogP contribution in [0.15, 0.2) is 53.6 Å². The summed E-state index contributed by atoms with van der Waals surface area (Å²) >= 11 is 0. The summed E-state index contributed by atoms with van der Waals surface area (Å²) in [6.07, 6.45) is 7.43. The van der Waals surface area contributed by atoms with Gasteiger partial charge in [0.15, 0.2) is 17.4 Å². The van der Waals surface area contributed by atoms with Crippen LogP contribution in [0.1, 0.15) is 63.0 Å². The fourth-order valence-corrected chi connectivity index (χ4v) is 11.8. The van der Waals surface area contributed by atoms with Crippen molar-refractivity contribution in [3.8, 4) is 17.6 Å². The summed E-state index contributed by atoms with van der Waals surface area (Å²) in [5.41, 5.74) is 0.987. The van der Waals surface area contributed by atoms with Gasteiger partial charge in [-0.2, -0.15) is 23.1 Å². The van der Waals surface area contributed by atoms with E-state index in [-0.39, 0.29) is 83.3 Å². The number of amides is 3. The number of carbonyl (C=O) groups excluding carboxylic acids is 2. The molecular formula is C45H49F2N11O7S. The Morgan fingerprint density at radius 3 is 2.41 bits per heavy atom. The summed E-state index contributed by atoms with van der Waals surface area (Å²) in [5, 5.41) is 17.6. The predicted molar refractivity (Wildman–Crippen MR) is 240 cm³/mol. The largest absolute Gasteiger partial charge is 0.453 e.